The molecule has 3 aromatic rings. The van der Waals surface area contributed by atoms with Crippen molar-refractivity contribution in [2.45, 2.75) is 19.6 Å². The van der Waals surface area contributed by atoms with Crippen molar-refractivity contribution in [1.29, 1.82) is 0 Å². The number of aromatic nitrogens is 4. The van der Waals surface area contributed by atoms with Gasteiger partial charge >= 0.3 is 6.36 Å². The molecule has 0 aliphatic carbocycles. The lowest BCUT2D eigenvalue weighted by Gasteiger charge is -2.15. The summed E-state index contributed by atoms with van der Waals surface area (Å²) in [6.07, 6.45) is -0.596. The van der Waals surface area contributed by atoms with Crippen LogP contribution in [0.4, 0.5) is 13.2 Å². The number of aliphatic hydroxyl groups is 1. The summed E-state index contributed by atoms with van der Waals surface area (Å²) in [4.78, 5) is 8.10. The van der Waals surface area contributed by atoms with Crippen LogP contribution in [-0.4, -0.2) is 31.2 Å². The molecule has 0 spiro atoms. The second kappa shape index (κ2) is 7.80. The fourth-order valence-corrected chi connectivity index (χ4v) is 2.33. The van der Waals surface area contributed by atoms with E-state index < -0.39 is 12.1 Å². The lowest BCUT2D eigenvalue weighted by atomic mass is 10.2. The first-order chi connectivity index (χ1) is 12.9. The number of nitrogens with zero attached hydrogens (tertiary/aromatic N) is 4. The summed E-state index contributed by atoms with van der Waals surface area (Å²) in [7, 11) is 0. The molecule has 27 heavy (non-hydrogen) atoms. The molecule has 7 nitrogen and oxygen atoms in total. The van der Waals surface area contributed by atoms with Gasteiger partial charge in [0.05, 0.1) is 35.3 Å². The minimum atomic E-state index is -4.85. The van der Waals surface area contributed by atoms with Crippen molar-refractivity contribution in [2.24, 2.45) is 0 Å². The second-order valence-electron chi connectivity index (χ2n) is 5.18. The third-order valence-corrected chi connectivity index (χ3v) is 3.66. The largest absolute Gasteiger partial charge is 0.573 e. The molecule has 2 heterocycles. The summed E-state index contributed by atoms with van der Waals surface area (Å²) in [5.41, 5.74) is 0.495. The average molecular weight is 401 g/mol. The predicted octanol–water partition coefficient (Wildman–Crippen LogP) is 3.29. The van der Waals surface area contributed by atoms with Crippen LogP contribution in [0.3, 0.4) is 0 Å². The molecule has 142 valence electrons. The van der Waals surface area contributed by atoms with Crippen LogP contribution < -0.4 is 9.47 Å². The molecule has 0 unspecified atom stereocenters. The molecular formula is C16H12ClF3N4O3. The normalized spacial score (nSPS) is 11.4. The van der Waals surface area contributed by atoms with Gasteiger partial charge in [0.25, 0.3) is 5.95 Å². The lowest BCUT2D eigenvalue weighted by Crippen LogP contribution is -2.18. The highest BCUT2D eigenvalue weighted by molar-refractivity contribution is 6.31. The Bertz CT molecular complexity index is 916. The Kier molecular flexibility index (Phi) is 5.47. The van der Waals surface area contributed by atoms with Crippen LogP contribution in [0.1, 0.15) is 11.3 Å². The molecule has 1 aromatic carbocycles. The molecule has 0 atom stereocenters. The van der Waals surface area contributed by atoms with E-state index >= 15 is 0 Å². The number of aliphatic hydroxyl groups excluding tert-OH is 1. The van der Waals surface area contributed by atoms with Crippen molar-refractivity contribution in [3.8, 4) is 17.4 Å². The number of halogens is 4. The Labute approximate surface area is 156 Å². The zero-order valence-electron chi connectivity index (χ0n) is 13.5. The summed E-state index contributed by atoms with van der Waals surface area (Å²) in [5, 5.41) is 13.1. The van der Waals surface area contributed by atoms with Gasteiger partial charge in [-0.25, -0.2) is 14.6 Å². The number of alkyl halides is 3. The van der Waals surface area contributed by atoms with Gasteiger partial charge in [-0.1, -0.05) is 17.7 Å². The number of hydrogen-bond acceptors (Lipinski definition) is 6. The molecule has 1 N–H and O–H groups in total. The minimum Gasteiger partial charge on any atom is -0.485 e. The Hall–Kier alpha value is -2.85. The number of ether oxygens (including phenoxy) is 2. The van der Waals surface area contributed by atoms with Crippen LogP contribution in [0.2, 0.25) is 5.02 Å². The Morgan fingerprint density at radius 2 is 1.89 bits per heavy atom. The topological polar surface area (TPSA) is 82.3 Å². The van der Waals surface area contributed by atoms with E-state index in [4.69, 9.17) is 21.4 Å². The van der Waals surface area contributed by atoms with Gasteiger partial charge in [0.2, 0.25) is 0 Å². The fourth-order valence-electron chi connectivity index (χ4n) is 2.11. The van der Waals surface area contributed by atoms with Gasteiger partial charge < -0.3 is 14.6 Å². The molecule has 11 heteroatoms. The molecule has 0 amide bonds. The maximum Gasteiger partial charge on any atom is 0.573 e. The highest BCUT2D eigenvalue weighted by atomic mass is 35.5. The summed E-state index contributed by atoms with van der Waals surface area (Å²) in [6.45, 7) is -0.488. The van der Waals surface area contributed by atoms with Crippen LogP contribution >= 0.6 is 11.6 Å². The first kappa shape index (κ1) is 18.9. The van der Waals surface area contributed by atoms with Gasteiger partial charge in [-0.2, -0.15) is 5.10 Å². The van der Waals surface area contributed by atoms with Crippen molar-refractivity contribution in [3.05, 3.63) is 59.1 Å². The third-order valence-electron chi connectivity index (χ3n) is 3.31. The molecule has 0 radical (unpaired) electrons. The first-order valence-electron chi connectivity index (χ1n) is 7.49. The highest BCUT2D eigenvalue weighted by Gasteiger charge is 2.32. The molecule has 0 aliphatic rings. The van der Waals surface area contributed by atoms with E-state index in [1.807, 2.05) is 0 Å². The molecule has 3 rings (SSSR count). The van der Waals surface area contributed by atoms with Crippen LogP contribution in [-0.2, 0) is 13.2 Å². The zero-order valence-corrected chi connectivity index (χ0v) is 14.3. The minimum absolute atomic E-state index is 0.0419. The third kappa shape index (κ3) is 4.86. The van der Waals surface area contributed by atoms with Crippen molar-refractivity contribution in [2.75, 3.05) is 0 Å². The van der Waals surface area contributed by atoms with Crippen molar-refractivity contribution >= 4 is 11.6 Å². The van der Waals surface area contributed by atoms with Gasteiger partial charge in [0.1, 0.15) is 12.4 Å². The van der Waals surface area contributed by atoms with E-state index in [0.29, 0.717) is 5.69 Å². The fraction of sp³-hybridized carbons (Fsp3) is 0.188. The molecule has 0 saturated heterocycles. The highest BCUT2D eigenvalue weighted by Crippen LogP contribution is 2.31. The van der Waals surface area contributed by atoms with E-state index in [2.05, 4.69) is 19.8 Å². The van der Waals surface area contributed by atoms with E-state index in [1.165, 1.54) is 29.2 Å². The van der Waals surface area contributed by atoms with E-state index in [0.717, 1.165) is 6.07 Å². The van der Waals surface area contributed by atoms with Crippen LogP contribution in [0, 0.1) is 0 Å². The zero-order chi connectivity index (χ0) is 19.4. The summed E-state index contributed by atoms with van der Waals surface area (Å²) < 4.78 is 48.2. The average Bonchev–Trinajstić information content (AvgIpc) is 3.10. The maximum absolute atomic E-state index is 12.5. The van der Waals surface area contributed by atoms with Crippen molar-refractivity contribution in [3.63, 3.8) is 0 Å². The van der Waals surface area contributed by atoms with Gasteiger partial charge in [0, 0.05) is 6.20 Å². The maximum atomic E-state index is 12.5. The Morgan fingerprint density at radius 1 is 1.15 bits per heavy atom. The number of rotatable bonds is 6. The first-order valence-corrected chi connectivity index (χ1v) is 7.87. The standard InChI is InChI=1S/C16H12ClF3N4O3/c17-13-2-1-3-14(27-16(18,19)20)12(13)9-26-11-6-21-15(22-7-11)24-5-4-10(8-25)23-24/h1-7,25H,8-9H2. The smallest absolute Gasteiger partial charge is 0.485 e. The van der Waals surface area contributed by atoms with Crippen LogP contribution in [0.25, 0.3) is 5.95 Å². The quantitative estimate of drug-likeness (QED) is 0.683. The Morgan fingerprint density at radius 3 is 2.52 bits per heavy atom. The molecule has 0 bridgehead atoms. The summed E-state index contributed by atoms with van der Waals surface area (Å²) >= 11 is 5.96. The Balaban J connectivity index is 1.72. The summed E-state index contributed by atoms with van der Waals surface area (Å²) in [6, 6.07) is 5.52. The van der Waals surface area contributed by atoms with E-state index in [-0.39, 0.29) is 35.5 Å². The van der Waals surface area contributed by atoms with Gasteiger partial charge in [-0.3, -0.25) is 0 Å². The molecule has 0 aliphatic heterocycles. The molecular weight excluding hydrogens is 389 g/mol. The predicted molar refractivity (Wildman–Crippen MR) is 87.5 cm³/mol. The van der Waals surface area contributed by atoms with Crippen molar-refractivity contribution in [1.82, 2.24) is 19.7 Å². The lowest BCUT2D eigenvalue weighted by molar-refractivity contribution is -0.275. The molecule has 0 saturated carbocycles. The van der Waals surface area contributed by atoms with Crippen LogP contribution in [0.15, 0.2) is 42.9 Å². The monoisotopic (exact) mass is 400 g/mol. The summed E-state index contributed by atoms with van der Waals surface area (Å²) in [5.74, 6) is 0.00710. The van der Waals surface area contributed by atoms with E-state index in [1.54, 1.807) is 12.3 Å². The van der Waals surface area contributed by atoms with E-state index in [9.17, 15) is 13.2 Å². The van der Waals surface area contributed by atoms with Gasteiger partial charge in [0.15, 0.2) is 5.75 Å². The SMILES string of the molecule is OCc1ccn(-c2ncc(OCc3c(Cl)cccc3OC(F)(F)F)cn2)n1. The van der Waals surface area contributed by atoms with Crippen LogP contribution in [0.5, 0.6) is 11.5 Å². The van der Waals surface area contributed by atoms with Crippen molar-refractivity contribution < 1.29 is 27.8 Å². The number of benzene rings is 1. The molecule has 2 aromatic heterocycles. The van der Waals surface area contributed by atoms with Gasteiger partial charge in [-0.05, 0) is 18.2 Å². The van der Waals surface area contributed by atoms with Gasteiger partial charge in [-0.15, -0.1) is 13.2 Å². The molecule has 0 fully saturated rings. The second-order valence-corrected chi connectivity index (χ2v) is 5.59. The number of hydrogen-bond donors (Lipinski definition) is 1.